The highest BCUT2D eigenvalue weighted by atomic mass is 16.5. The van der Waals surface area contributed by atoms with Gasteiger partial charge < -0.3 is 40.7 Å². The molecule has 0 atom stereocenters. The number of carbonyl (C=O) groups excluding carboxylic acids is 1. The molecule has 0 unspecified atom stereocenters. The molecule has 0 aliphatic carbocycles. The lowest BCUT2D eigenvalue weighted by molar-refractivity contribution is 0.0696. The lowest BCUT2D eigenvalue weighted by atomic mass is 9.96. The quantitative estimate of drug-likeness (QED) is 0.0474. The maximum absolute atomic E-state index is 13.5. The maximum Gasteiger partial charge on any atom is 0.337 e. The summed E-state index contributed by atoms with van der Waals surface area (Å²) in [5.41, 5.74) is 10.3. The third kappa shape index (κ3) is 10.3. The van der Waals surface area contributed by atoms with Gasteiger partial charge in [-0.3, -0.25) is 9.59 Å². The monoisotopic (exact) mass is 892 g/mol. The Bertz CT molecular complexity index is 3010. The Morgan fingerprint density at radius 2 is 1.26 bits per heavy atom. The Kier molecular flexibility index (Phi) is 14.5. The van der Waals surface area contributed by atoms with Gasteiger partial charge in [-0.2, -0.15) is 5.11 Å². The molecule has 14 nitrogen and oxygen atoms in total. The number of carbonyl (C=O) groups is 2. The van der Waals surface area contributed by atoms with Gasteiger partial charge in [0.1, 0.15) is 47.5 Å². The molecule has 0 aliphatic rings. The standard InChI is InChI=1S/C35H32N4O8.C17H20O2/c1-19(2)26-18-28(23-8-4-5-9-24(23)31(26)40)47-17-16-46-22-14-12-21(13-15-22)37-38-30-20(3)29(32(36)41)33(42)39(34(30)43)27-11-7-6-10-25(27)35(44)45;1-10-5-12(3)16(18)14(7-10)9-15-8-11(2)6-13(4)17(15)19/h4-15,18-19,40,42H,16-17H2,1-3H3,(H2,36,41)(H,44,45);5-8,18-19H,9H2,1-4H3. The van der Waals surface area contributed by atoms with Crippen LogP contribution in [0, 0.1) is 34.6 Å². The number of para-hydroxylation sites is 1. The number of fused-ring (bicyclic) bond motifs is 1. The highest BCUT2D eigenvalue weighted by molar-refractivity contribution is 5.98. The van der Waals surface area contributed by atoms with Gasteiger partial charge in [-0.25, -0.2) is 9.36 Å². The Hall–Kier alpha value is -8.13. The molecule has 340 valence electrons. The van der Waals surface area contributed by atoms with Crippen LogP contribution in [0.3, 0.4) is 0 Å². The maximum atomic E-state index is 13.5. The van der Waals surface area contributed by atoms with Gasteiger partial charge in [0.25, 0.3) is 11.5 Å². The summed E-state index contributed by atoms with van der Waals surface area (Å²) in [7, 11) is 0. The number of aromatic nitrogens is 1. The van der Waals surface area contributed by atoms with E-state index in [2.05, 4.69) is 10.2 Å². The molecule has 0 bridgehead atoms. The molecule has 1 aromatic heterocycles. The number of nitrogens with zero attached hydrogens (tertiary/aromatic N) is 3. The van der Waals surface area contributed by atoms with Crippen molar-refractivity contribution < 1.29 is 44.6 Å². The predicted molar refractivity (Wildman–Crippen MR) is 253 cm³/mol. The third-order valence-electron chi connectivity index (χ3n) is 11.0. The van der Waals surface area contributed by atoms with E-state index in [4.69, 9.17) is 15.2 Å². The third-order valence-corrected chi connectivity index (χ3v) is 11.0. The number of benzene rings is 6. The first-order valence-electron chi connectivity index (χ1n) is 21.1. The zero-order valence-electron chi connectivity index (χ0n) is 37.7. The molecular weight excluding hydrogens is 841 g/mol. The van der Waals surface area contributed by atoms with E-state index >= 15 is 0 Å². The Morgan fingerprint density at radius 1 is 0.697 bits per heavy atom. The summed E-state index contributed by atoms with van der Waals surface area (Å²) < 4.78 is 12.5. The van der Waals surface area contributed by atoms with Crippen LogP contribution >= 0.6 is 0 Å². The van der Waals surface area contributed by atoms with Crippen LogP contribution in [0.1, 0.15) is 85.0 Å². The number of phenols is 3. The van der Waals surface area contributed by atoms with E-state index in [1.807, 2.05) is 96.1 Å². The summed E-state index contributed by atoms with van der Waals surface area (Å²) in [4.78, 5) is 37.5. The van der Waals surface area contributed by atoms with Crippen LogP contribution in [0.5, 0.6) is 34.6 Å². The molecule has 66 heavy (non-hydrogen) atoms. The van der Waals surface area contributed by atoms with E-state index in [-0.39, 0.29) is 47.4 Å². The highest BCUT2D eigenvalue weighted by Gasteiger charge is 2.26. The lowest BCUT2D eigenvalue weighted by Crippen LogP contribution is -2.25. The fourth-order valence-electron chi connectivity index (χ4n) is 7.75. The molecule has 0 saturated heterocycles. The fourth-order valence-corrected chi connectivity index (χ4v) is 7.75. The topological polar surface area (TPSA) is 226 Å². The molecule has 0 saturated carbocycles. The van der Waals surface area contributed by atoms with Crippen LogP contribution in [0.2, 0.25) is 0 Å². The number of carboxylic acids is 1. The number of aryl methyl sites for hydroxylation is 4. The summed E-state index contributed by atoms with van der Waals surface area (Å²) >= 11 is 0. The van der Waals surface area contributed by atoms with Gasteiger partial charge in [-0.05, 0) is 105 Å². The summed E-state index contributed by atoms with van der Waals surface area (Å²) in [6, 6.07) is 29.2. The van der Waals surface area contributed by atoms with Gasteiger partial charge >= 0.3 is 5.97 Å². The minimum Gasteiger partial charge on any atom is -0.507 e. The van der Waals surface area contributed by atoms with Crippen LogP contribution < -0.4 is 20.8 Å². The predicted octanol–water partition coefficient (Wildman–Crippen LogP) is 10.4. The minimum atomic E-state index is -1.35. The molecule has 6 aromatic carbocycles. The number of amides is 1. The first kappa shape index (κ1) is 47.4. The number of pyridine rings is 1. The van der Waals surface area contributed by atoms with E-state index in [0.29, 0.717) is 39.7 Å². The highest BCUT2D eigenvalue weighted by Crippen LogP contribution is 2.39. The number of phenolic OH excluding ortho intramolecular Hbond substituents is 3. The number of rotatable bonds is 13. The molecule has 0 aliphatic heterocycles. The first-order valence-corrected chi connectivity index (χ1v) is 21.1. The normalized spacial score (nSPS) is 11.2. The Morgan fingerprint density at radius 3 is 1.83 bits per heavy atom. The zero-order chi connectivity index (χ0) is 48.0. The summed E-state index contributed by atoms with van der Waals surface area (Å²) in [5.74, 6) is -1.02. The molecule has 0 fully saturated rings. The molecule has 1 amide bonds. The van der Waals surface area contributed by atoms with Crippen molar-refractivity contribution in [1.82, 2.24) is 4.57 Å². The van der Waals surface area contributed by atoms with E-state index < -0.39 is 28.9 Å². The SMILES string of the molecule is Cc1c(C(N)=O)c(O)n(-c2ccccc2C(=O)O)c(=O)c1N=Nc1ccc(OCCOc2cc(C(C)C)c(O)c3ccccc23)cc1.Cc1cc(C)c(O)c(Cc2cc(C)cc(C)c2O)c1. The fraction of sp³-hybridized carbons (Fsp3) is 0.212. The molecule has 7 N–H and O–H groups in total. The van der Waals surface area contributed by atoms with Crippen molar-refractivity contribution >= 4 is 34.0 Å². The minimum absolute atomic E-state index is 0.0188. The van der Waals surface area contributed by atoms with Gasteiger partial charge in [0.15, 0.2) is 5.69 Å². The average Bonchev–Trinajstić information content (AvgIpc) is 3.27. The van der Waals surface area contributed by atoms with Crippen LogP contribution in [0.25, 0.3) is 16.5 Å². The van der Waals surface area contributed by atoms with Crippen LogP contribution in [-0.2, 0) is 6.42 Å². The van der Waals surface area contributed by atoms with Crippen molar-refractivity contribution in [2.24, 2.45) is 16.0 Å². The van der Waals surface area contributed by atoms with Crippen molar-refractivity contribution in [1.29, 1.82) is 0 Å². The van der Waals surface area contributed by atoms with Crippen molar-refractivity contribution in [3.05, 3.63) is 169 Å². The molecule has 1 heterocycles. The van der Waals surface area contributed by atoms with Gasteiger partial charge in [-0.15, -0.1) is 5.11 Å². The number of primary amides is 1. The number of aromatic carboxylic acids is 1. The largest absolute Gasteiger partial charge is 0.507 e. The van der Waals surface area contributed by atoms with Gasteiger partial charge in [0, 0.05) is 28.3 Å². The van der Waals surface area contributed by atoms with Crippen molar-refractivity contribution in [2.45, 2.75) is 60.8 Å². The number of aromatic hydroxyl groups is 4. The van der Waals surface area contributed by atoms with Gasteiger partial charge in [-0.1, -0.05) is 85.6 Å². The number of nitrogens with two attached hydrogens (primary N) is 1. The molecule has 14 heteroatoms. The zero-order valence-corrected chi connectivity index (χ0v) is 37.7. The van der Waals surface area contributed by atoms with Gasteiger partial charge in [0.05, 0.1) is 16.9 Å². The second-order valence-electron chi connectivity index (χ2n) is 16.3. The van der Waals surface area contributed by atoms with Crippen LogP contribution in [-0.4, -0.2) is 55.2 Å². The number of azo groups is 1. The smallest absolute Gasteiger partial charge is 0.337 e. The number of hydrogen-bond donors (Lipinski definition) is 6. The Balaban J connectivity index is 0.000000315. The molecule has 0 spiro atoms. The van der Waals surface area contributed by atoms with Crippen LogP contribution in [0.15, 0.2) is 118 Å². The van der Waals surface area contributed by atoms with Gasteiger partial charge in [0.2, 0.25) is 5.88 Å². The lowest BCUT2D eigenvalue weighted by Gasteiger charge is -2.16. The average molecular weight is 893 g/mol. The second-order valence-corrected chi connectivity index (χ2v) is 16.3. The first-order chi connectivity index (χ1) is 31.4. The Labute approximate surface area is 381 Å². The van der Waals surface area contributed by atoms with E-state index in [0.717, 1.165) is 49.7 Å². The number of hydrogen-bond acceptors (Lipinski definition) is 11. The molecular formula is C52H52N4O10. The summed E-state index contributed by atoms with van der Waals surface area (Å²) in [6.45, 7) is 13.7. The van der Waals surface area contributed by atoms with Crippen molar-refractivity contribution in [3.63, 3.8) is 0 Å². The van der Waals surface area contributed by atoms with E-state index in [1.54, 1.807) is 24.3 Å². The summed E-state index contributed by atoms with van der Waals surface area (Å²) in [6.07, 6.45) is 0.544. The number of ether oxygens (including phenoxy) is 2. The van der Waals surface area contributed by atoms with Crippen LogP contribution in [0.4, 0.5) is 11.4 Å². The second kappa shape index (κ2) is 20.1. The molecule has 7 aromatic rings. The number of carboxylic acid groups (broad SMARTS) is 1. The van der Waals surface area contributed by atoms with E-state index in [9.17, 15) is 39.9 Å². The molecule has 0 radical (unpaired) electrons. The van der Waals surface area contributed by atoms with Crippen molar-refractivity contribution in [2.75, 3.05) is 13.2 Å². The molecule has 7 rings (SSSR count). The van der Waals surface area contributed by atoms with E-state index in [1.165, 1.54) is 31.2 Å². The summed E-state index contributed by atoms with van der Waals surface area (Å²) in [5, 5.41) is 61.1. The van der Waals surface area contributed by atoms with Crippen molar-refractivity contribution in [3.8, 4) is 40.3 Å².